The van der Waals surface area contributed by atoms with Gasteiger partial charge in [0.2, 0.25) is 0 Å². The summed E-state index contributed by atoms with van der Waals surface area (Å²) < 4.78 is 15.6. The van der Waals surface area contributed by atoms with E-state index in [1.807, 2.05) is 0 Å². The molecule has 2 aliphatic heterocycles. The van der Waals surface area contributed by atoms with Gasteiger partial charge in [0.25, 0.3) is 0 Å². The summed E-state index contributed by atoms with van der Waals surface area (Å²) in [5, 5.41) is 0. The first kappa shape index (κ1) is 10.9. The molecule has 0 aromatic carbocycles. The van der Waals surface area contributed by atoms with Crippen molar-refractivity contribution in [1.82, 2.24) is 0 Å². The molecule has 5 heteroatoms. The second-order valence-corrected chi connectivity index (χ2v) is 4.07. The Morgan fingerprint density at radius 1 is 1.47 bits per heavy atom. The average molecular weight is 215 g/mol. The summed E-state index contributed by atoms with van der Waals surface area (Å²) in [5.74, 6) is -0.554. The Bertz CT molecular complexity index is 227. The zero-order valence-corrected chi connectivity index (χ0v) is 8.69. The normalized spacial score (nSPS) is 35.7. The minimum absolute atomic E-state index is 0.0764. The van der Waals surface area contributed by atoms with Crippen LogP contribution in [-0.4, -0.2) is 44.5 Å². The van der Waals surface area contributed by atoms with Gasteiger partial charge in [-0.25, -0.2) is 0 Å². The number of rotatable bonds is 3. The van der Waals surface area contributed by atoms with Gasteiger partial charge in [0.05, 0.1) is 25.2 Å². The van der Waals surface area contributed by atoms with Crippen LogP contribution < -0.4 is 5.73 Å². The average Bonchev–Trinajstić information content (AvgIpc) is 2.84. The number of hydrogen-bond acceptors (Lipinski definition) is 5. The molecule has 2 N–H and O–H groups in total. The smallest absolute Gasteiger partial charge is 0.313 e. The van der Waals surface area contributed by atoms with Gasteiger partial charge in [0.15, 0.2) is 0 Å². The van der Waals surface area contributed by atoms with Gasteiger partial charge >= 0.3 is 5.97 Å². The Balaban J connectivity index is 1.71. The number of carbonyl (C=O) groups excluding carboxylic acids is 1. The van der Waals surface area contributed by atoms with Crippen LogP contribution in [0.5, 0.6) is 0 Å². The predicted molar refractivity (Wildman–Crippen MR) is 52.2 cm³/mol. The molecular weight excluding hydrogens is 198 g/mol. The molecule has 0 aliphatic carbocycles. The maximum Gasteiger partial charge on any atom is 0.313 e. The van der Waals surface area contributed by atoms with Gasteiger partial charge in [-0.1, -0.05) is 0 Å². The molecule has 0 bridgehead atoms. The minimum Gasteiger partial charge on any atom is -0.463 e. The van der Waals surface area contributed by atoms with E-state index in [1.165, 1.54) is 0 Å². The van der Waals surface area contributed by atoms with Crippen LogP contribution in [0, 0.1) is 5.92 Å². The molecule has 0 aromatic heterocycles. The first-order valence-electron chi connectivity index (χ1n) is 5.39. The van der Waals surface area contributed by atoms with Crippen LogP contribution in [0.4, 0.5) is 0 Å². The van der Waals surface area contributed by atoms with Crippen molar-refractivity contribution in [2.75, 3.05) is 26.4 Å². The Kier molecular flexibility index (Phi) is 3.56. The highest BCUT2D eigenvalue weighted by atomic mass is 16.6. The van der Waals surface area contributed by atoms with Crippen LogP contribution >= 0.6 is 0 Å². The summed E-state index contributed by atoms with van der Waals surface area (Å²) >= 11 is 0. The molecule has 2 heterocycles. The van der Waals surface area contributed by atoms with Crippen molar-refractivity contribution in [3.05, 3.63) is 0 Å². The third kappa shape index (κ3) is 2.68. The minimum atomic E-state index is -0.300. The van der Waals surface area contributed by atoms with Gasteiger partial charge in [-0.05, 0) is 12.8 Å². The molecule has 2 fully saturated rings. The number of nitrogens with two attached hydrogens (primary N) is 1. The molecule has 0 radical (unpaired) electrons. The molecule has 15 heavy (non-hydrogen) atoms. The fourth-order valence-corrected chi connectivity index (χ4v) is 1.87. The lowest BCUT2D eigenvalue weighted by Crippen LogP contribution is -2.36. The monoisotopic (exact) mass is 215 g/mol. The van der Waals surface area contributed by atoms with E-state index in [4.69, 9.17) is 19.9 Å². The zero-order valence-electron chi connectivity index (χ0n) is 8.69. The fourth-order valence-electron chi connectivity index (χ4n) is 1.87. The van der Waals surface area contributed by atoms with E-state index < -0.39 is 0 Å². The Morgan fingerprint density at radius 2 is 2.33 bits per heavy atom. The van der Waals surface area contributed by atoms with Crippen molar-refractivity contribution in [3.63, 3.8) is 0 Å². The topological polar surface area (TPSA) is 70.8 Å². The van der Waals surface area contributed by atoms with Gasteiger partial charge < -0.3 is 19.9 Å². The van der Waals surface area contributed by atoms with Crippen molar-refractivity contribution in [1.29, 1.82) is 0 Å². The first-order chi connectivity index (χ1) is 7.27. The molecule has 5 nitrogen and oxygen atoms in total. The van der Waals surface area contributed by atoms with E-state index in [2.05, 4.69) is 0 Å². The highest BCUT2D eigenvalue weighted by molar-refractivity contribution is 5.73. The van der Waals surface area contributed by atoms with Crippen LogP contribution in [0.15, 0.2) is 0 Å². The summed E-state index contributed by atoms with van der Waals surface area (Å²) in [5.41, 5.74) is 5.71. The van der Waals surface area contributed by atoms with Gasteiger partial charge in [-0.15, -0.1) is 0 Å². The van der Waals surface area contributed by atoms with E-state index in [9.17, 15) is 4.79 Å². The van der Waals surface area contributed by atoms with Crippen LogP contribution in [0.1, 0.15) is 12.8 Å². The molecule has 3 unspecified atom stereocenters. The Hall–Kier alpha value is -0.650. The molecule has 3 atom stereocenters. The molecule has 2 saturated heterocycles. The Morgan fingerprint density at radius 3 is 2.93 bits per heavy atom. The highest BCUT2D eigenvalue weighted by Crippen LogP contribution is 2.16. The first-order valence-corrected chi connectivity index (χ1v) is 5.39. The molecule has 0 spiro atoms. The summed E-state index contributed by atoms with van der Waals surface area (Å²) in [7, 11) is 0. The van der Waals surface area contributed by atoms with E-state index in [0.717, 1.165) is 19.4 Å². The second kappa shape index (κ2) is 4.92. The molecule has 0 saturated carbocycles. The van der Waals surface area contributed by atoms with Crippen molar-refractivity contribution in [2.24, 2.45) is 11.7 Å². The molecule has 2 rings (SSSR count). The molecule has 0 aromatic rings. The van der Waals surface area contributed by atoms with E-state index in [1.54, 1.807) is 0 Å². The van der Waals surface area contributed by atoms with Gasteiger partial charge in [0, 0.05) is 12.6 Å². The fraction of sp³-hybridized carbons (Fsp3) is 0.900. The molecule has 86 valence electrons. The number of carbonyl (C=O) groups is 1. The van der Waals surface area contributed by atoms with Crippen LogP contribution in [-0.2, 0) is 19.0 Å². The third-order valence-corrected chi connectivity index (χ3v) is 2.86. The SMILES string of the molecule is NC1COCC1C(=O)OCC1CCCO1. The van der Waals surface area contributed by atoms with Crippen LogP contribution in [0.25, 0.3) is 0 Å². The predicted octanol–water partition coefficient (Wildman–Crippen LogP) is -0.318. The van der Waals surface area contributed by atoms with Crippen molar-refractivity contribution in [3.8, 4) is 0 Å². The van der Waals surface area contributed by atoms with Crippen molar-refractivity contribution in [2.45, 2.75) is 25.0 Å². The molecule has 0 amide bonds. The Labute approximate surface area is 88.9 Å². The van der Waals surface area contributed by atoms with E-state index in [0.29, 0.717) is 19.8 Å². The zero-order chi connectivity index (χ0) is 10.7. The van der Waals surface area contributed by atoms with Crippen molar-refractivity contribution >= 4 is 5.97 Å². The van der Waals surface area contributed by atoms with E-state index >= 15 is 0 Å². The van der Waals surface area contributed by atoms with Gasteiger partial charge in [-0.2, -0.15) is 0 Å². The molecular formula is C10H17NO4. The largest absolute Gasteiger partial charge is 0.463 e. The maximum atomic E-state index is 11.6. The number of esters is 1. The van der Waals surface area contributed by atoms with Gasteiger partial charge in [-0.3, -0.25) is 4.79 Å². The lowest BCUT2D eigenvalue weighted by atomic mass is 10.1. The lowest BCUT2D eigenvalue weighted by molar-refractivity contribution is -0.152. The molecule has 2 aliphatic rings. The summed E-state index contributed by atoms with van der Waals surface area (Å²) in [6, 6.07) is -0.220. The van der Waals surface area contributed by atoms with Crippen LogP contribution in [0.3, 0.4) is 0 Å². The maximum absolute atomic E-state index is 11.6. The lowest BCUT2D eigenvalue weighted by Gasteiger charge is -2.14. The summed E-state index contributed by atoms with van der Waals surface area (Å²) in [6.07, 6.45) is 2.10. The van der Waals surface area contributed by atoms with Crippen LogP contribution in [0.2, 0.25) is 0 Å². The van der Waals surface area contributed by atoms with E-state index in [-0.39, 0.29) is 24.0 Å². The number of hydrogen-bond donors (Lipinski definition) is 1. The number of ether oxygens (including phenoxy) is 3. The summed E-state index contributed by atoms with van der Waals surface area (Å²) in [6.45, 7) is 1.95. The highest BCUT2D eigenvalue weighted by Gasteiger charge is 2.33. The third-order valence-electron chi connectivity index (χ3n) is 2.86. The summed E-state index contributed by atoms with van der Waals surface area (Å²) in [4.78, 5) is 11.6. The standard InChI is InChI=1S/C10H17NO4/c11-9-6-13-5-8(9)10(12)15-4-7-2-1-3-14-7/h7-9H,1-6,11H2. The van der Waals surface area contributed by atoms with Gasteiger partial charge in [0.1, 0.15) is 6.61 Å². The quantitative estimate of drug-likeness (QED) is 0.653. The second-order valence-electron chi connectivity index (χ2n) is 4.07. The van der Waals surface area contributed by atoms with Crippen molar-refractivity contribution < 1.29 is 19.0 Å².